The van der Waals surface area contributed by atoms with E-state index in [1.54, 1.807) is 11.3 Å². The number of nitriles is 1. The van der Waals surface area contributed by atoms with Crippen LogP contribution in [0.5, 0.6) is 0 Å². The zero-order valence-corrected chi connectivity index (χ0v) is 21.9. The fourth-order valence-corrected chi connectivity index (χ4v) is 5.95. The molecule has 3 aromatic heterocycles. The fourth-order valence-electron chi connectivity index (χ4n) is 4.58. The zero-order chi connectivity index (χ0) is 24.4. The van der Waals surface area contributed by atoms with Gasteiger partial charge in [-0.1, -0.05) is 41.8 Å². The van der Waals surface area contributed by atoms with Gasteiger partial charge in [-0.15, -0.1) is 11.3 Å². The van der Waals surface area contributed by atoms with Gasteiger partial charge in [-0.25, -0.2) is 9.97 Å². The summed E-state index contributed by atoms with van der Waals surface area (Å²) in [6.45, 7) is 4.25. The van der Waals surface area contributed by atoms with Crippen LogP contribution in [0.2, 0.25) is 0 Å². The molecular weight excluding hydrogens is 474 g/mol. The van der Waals surface area contributed by atoms with Crippen LogP contribution in [0.25, 0.3) is 16.9 Å². The molecule has 0 spiro atoms. The van der Waals surface area contributed by atoms with Gasteiger partial charge in [0.15, 0.2) is 16.6 Å². The van der Waals surface area contributed by atoms with Gasteiger partial charge in [-0.2, -0.15) is 14.9 Å². The number of benzene rings is 1. The Hall–Kier alpha value is -2.93. The Balaban J connectivity index is 1.50. The van der Waals surface area contributed by atoms with Crippen molar-refractivity contribution in [1.82, 2.24) is 23.9 Å². The van der Waals surface area contributed by atoms with Crippen LogP contribution in [0, 0.1) is 18.3 Å². The zero-order valence-electron chi connectivity index (χ0n) is 20.3. The first-order valence-corrected chi connectivity index (χ1v) is 13.9. The average Bonchev–Trinajstić information content (AvgIpc) is 3.52. The van der Waals surface area contributed by atoms with Crippen molar-refractivity contribution < 1.29 is 0 Å². The van der Waals surface area contributed by atoms with E-state index in [2.05, 4.69) is 70.2 Å². The first-order chi connectivity index (χ1) is 17.1. The second-order valence-electron chi connectivity index (χ2n) is 8.89. The van der Waals surface area contributed by atoms with Crippen molar-refractivity contribution >= 4 is 39.9 Å². The molecule has 0 atom stereocenters. The number of hydrogen-bond acceptors (Lipinski definition) is 8. The Labute approximate surface area is 214 Å². The fraction of sp³-hybridized carbons (Fsp3) is 0.385. The van der Waals surface area contributed by atoms with E-state index in [0.29, 0.717) is 18.8 Å². The van der Waals surface area contributed by atoms with E-state index < -0.39 is 0 Å². The smallest absolute Gasteiger partial charge is 0.191 e. The van der Waals surface area contributed by atoms with E-state index in [1.807, 2.05) is 23.5 Å². The lowest BCUT2D eigenvalue weighted by Gasteiger charge is -2.29. The Kier molecular flexibility index (Phi) is 7.04. The lowest BCUT2D eigenvalue weighted by atomic mass is 9.94. The highest BCUT2D eigenvalue weighted by Gasteiger charge is 2.24. The third-order valence-electron chi connectivity index (χ3n) is 6.59. The highest BCUT2D eigenvalue weighted by atomic mass is 32.2. The average molecular weight is 504 g/mol. The largest absolute Gasteiger partial charge is 0.304 e. The van der Waals surface area contributed by atoms with E-state index in [9.17, 15) is 5.26 Å². The summed E-state index contributed by atoms with van der Waals surface area (Å²) in [5.74, 6) is 1.34. The van der Waals surface area contributed by atoms with Gasteiger partial charge in [0.2, 0.25) is 0 Å². The summed E-state index contributed by atoms with van der Waals surface area (Å²) >= 11 is 3.42. The highest BCUT2D eigenvalue weighted by molar-refractivity contribution is 7.96. The molecule has 0 radical (unpaired) electrons. The number of hydrogen-bond donors (Lipinski definition) is 0. The molecule has 180 valence electrons. The molecule has 0 amide bonds. The van der Waals surface area contributed by atoms with Crippen molar-refractivity contribution in [3.8, 4) is 17.3 Å². The minimum Gasteiger partial charge on any atom is -0.304 e. The molecule has 35 heavy (non-hydrogen) atoms. The number of thiazole rings is 1. The summed E-state index contributed by atoms with van der Waals surface area (Å²) < 4.78 is 4.37. The summed E-state index contributed by atoms with van der Waals surface area (Å²) in [5.41, 5.74) is 6.08. The molecule has 1 fully saturated rings. The number of nitrogens with zero attached hydrogens (tertiary/aromatic N) is 7. The third kappa shape index (κ3) is 4.92. The summed E-state index contributed by atoms with van der Waals surface area (Å²) in [4.78, 5) is 11.9. The predicted octanol–water partition coefficient (Wildman–Crippen LogP) is 5.84. The molecule has 0 aliphatic carbocycles. The van der Waals surface area contributed by atoms with Gasteiger partial charge in [-0.3, -0.25) is 4.31 Å². The van der Waals surface area contributed by atoms with E-state index in [1.165, 1.54) is 5.56 Å². The molecule has 4 aromatic rings. The topological polar surface area (TPSA) is 73.4 Å². The molecule has 1 aliphatic heterocycles. The summed E-state index contributed by atoms with van der Waals surface area (Å²) in [5, 5.41) is 17.3. The van der Waals surface area contributed by atoms with Crippen LogP contribution < -0.4 is 4.90 Å². The first kappa shape index (κ1) is 23.8. The van der Waals surface area contributed by atoms with Crippen LogP contribution >= 0.6 is 23.3 Å². The maximum Gasteiger partial charge on any atom is 0.191 e. The van der Waals surface area contributed by atoms with Gasteiger partial charge in [0.25, 0.3) is 0 Å². The monoisotopic (exact) mass is 503 g/mol. The molecule has 1 aromatic carbocycles. The van der Waals surface area contributed by atoms with E-state index in [4.69, 9.17) is 15.1 Å². The lowest BCUT2D eigenvalue weighted by molar-refractivity contribution is 0.342. The summed E-state index contributed by atoms with van der Waals surface area (Å²) in [7, 11) is 2.02. The number of imidazole rings is 1. The Bertz CT molecular complexity index is 1340. The molecule has 0 bridgehead atoms. The maximum atomic E-state index is 9.22. The van der Waals surface area contributed by atoms with Crippen LogP contribution in [-0.4, -0.2) is 50.3 Å². The standard InChI is InChI=1S/C26H29N7S2/c1-18-6-8-19(9-7-18)23-17-35-26(29-23)31(2)25-22(5-4-14-27)28-24-11-10-21(30-33(24)25)20-12-15-32(34-3)16-13-20/h6-11,17,20H,4-5,12-13,15-16H2,1-3H3. The molecule has 4 heterocycles. The van der Waals surface area contributed by atoms with E-state index in [0.717, 1.165) is 65.2 Å². The van der Waals surface area contributed by atoms with Crippen LogP contribution in [0.4, 0.5) is 10.9 Å². The van der Waals surface area contributed by atoms with Crippen molar-refractivity contribution in [3.63, 3.8) is 0 Å². The number of piperidine rings is 1. The quantitative estimate of drug-likeness (QED) is 0.293. The van der Waals surface area contributed by atoms with Gasteiger partial charge in [0.05, 0.1) is 23.2 Å². The number of anilines is 2. The Morgan fingerprint density at radius 1 is 1.14 bits per heavy atom. The lowest BCUT2D eigenvalue weighted by Crippen LogP contribution is -2.27. The van der Waals surface area contributed by atoms with Crippen LogP contribution in [0.15, 0.2) is 41.8 Å². The number of fused-ring (bicyclic) bond motifs is 1. The minimum atomic E-state index is 0.414. The van der Waals surface area contributed by atoms with Crippen molar-refractivity contribution in [2.24, 2.45) is 0 Å². The molecule has 9 heteroatoms. The van der Waals surface area contributed by atoms with Crippen LogP contribution in [-0.2, 0) is 6.42 Å². The van der Waals surface area contributed by atoms with Crippen LogP contribution in [0.1, 0.15) is 42.1 Å². The molecule has 0 unspecified atom stereocenters. The number of rotatable bonds is 7. The minimum absolute atomic E-state index is 0.414. The maximum absolute atomic E-state index is 9.22. The van der Waals surface area contributed by atoms with E-state index >= 15 is 0 Å². The van der Waals surface area contributed by atoms with Gasteiger partial charge >= 0.3 is 0 Å². The molecule has 1 saturated heterocycles. The molecular formula is C26H29N7S2. The normalized spacial score (nSPS) is 14.9. The highest BCUT2D eigenvalue weighted by Crippen LogP contribution is 2.35. The molecule has 1 aliphatic rings. The summed E-state index contributed by atoms with van der Waals surface area (Å²) in [6.07, 6.45) is 5.35. The van der Waals surface area contributed by atoms with Gasteiger partial charge < -0.3 is 4.90 Å². The van der Waals surface area contributed by atoms with Crippen molar-refractivity contribution in [3.05, 3.63) is 58.7 Å². The molecule has 0 N–H and O–H groups in total. The molecule has 5 rings (SSSR count). The van der Waals surface area contributed by atoms with Crippen molar-refractivity contribution in [1.29, 1.82) is 5.26 Å². The Morgan fingerprint density at radius 2 is 1.91 bits per heavy atom. The first-order valence-electron chi connectivity index (χ1n) is 11.9. The Morgan fingerprint density at radius 3 is 2.63 bits per heavy atom. The van der Waals surface area contributed by atoms with E-state index in [-0.39, 0.29) is 0 Å². The van der Waals surface area contributed by atoms with Crippen molar-refractivity contribution in [2.75, 3.05) is 31.3 Å². The van der Waals surface area contributed by atoms with Crippen LogP contribution in [0.3, 0.4) is 0 Å². The second-order valence-corrected chi connectivity index (χ2v) is 10.6. The third-order valence-corrected chi connectivity index (χ3v) is 8.39. The SMILES string of the molecule is CSN1CCC(c2ccc3nc(CCC#N)c(N(C)c4nc(-c5ccc(C)cc5)cs4)n3n2)CC1. The van der Waals surface area contributed by atoms with Gasteiger partial charge in [0, 0.05) is 49.8 Å². The summed E-state index contributed by atoms with van der Waals surface area (Å²) in [6, 6.07) is 14.9. The predicted molar refractivity (Wildman–Crippen MR) is 144 cm³/mol. The number of aryl methyl sites for hydroxylation is 2. The van der Waals surface area contributed by atoms with Crippen molar-refractivity contribution in [2.45, 2.75) is 38.5 Å². The second kappa shape index (κ2) is 10.4. The molecule has 0 saturated carbocycles. The van der Waals surface area contributed by atoms with Gasteiger partial charge in [0.1, 0.15) is 0 Å². The molecule has 7 nitrogen and oxygen atoms in total. The number of aromatic nitrogens is 4. The van der Waals surface area contributed by atoms with Gasteiger partial charge in [-0.05, 0) is 38.2 Å².